The van der Waals surface area contributed by atoms with Gasteiger partial charge in [0.15, 0.2) is 0 Å². The first-order valence-corrected chi connectivity index (χ1v) is 6.90. The van der Waals surface area contributed by atoms with E-state index in [1.807, 2.05) is 0 Å². The first-order valence-electron chi connectivity index (χ1n) is 6.46. The van der Waals surface area contributed by atoms with E-state index in [1.54, 1.807) is 0 Å². The normalized spacial score (nSPS) is 24.5. The van der Waals surface area contributed by atoms with Crippen molar-refractivity contribution in [3.05, 3.63) is 35.4 Å². The fourth-order valence-corrected chi connectivity index (χ4v) is 2.98. The molecule has 2 atom stereocenters. The van der Waals surface area contributed by atoms with Gasteiger partial charge in [0.05, 0.1) is 5.38 Å². The van der Waals surface area contributed by atoms with Crippen LogP contribution in [-0.2, 0) is 5.41 Å². The van der Waals surface area contributed by atoms with E-state index in [4.69, 9.17) is 11.6 Å². The van der Waals surface area contributed by atoms with Crippen LogP contribution in [0.5, 0.6) is 0 Å². The Labute approximate surface area is 110 Å². The maximum atomic E-state index is 6.55. The van der Waals surface area contributed by atoms with Crippen LogP contribution >= 0.6 is 11.6 Å². The van der Waals surface area contributed by atoms with Gasteiger partial charge in [-0.3, -0.25) is 0 Å². The van der Waals surface area contributed by atoms with Crippen LogP contribution in [0.3, 0.4) is 0 Å². The number of hydrogen-bond acceptors (Lipinski definition) is 0. The number of benzene rings is 1. The molecule has 0 spiro atoms. The van der Waals surface area contributed by atoms with E-state index < -0.39 is 0 Å². The second kappa shape index (κ2) is 4.02. The maximum Gasteiger partial charge on any atom is 0.0618 e. The predicted molar refractivity (Wildman–Crippen MR) is 75.6 cm³/mol. The first-order chi connectivity index (χ1) is 7.72. The smallest absolute Gasteiger partial charge is 0.0618 e. The van der Waals surface area contributed by atoms with Gasteiger partial charge in [-0.05, 0) is 34.3 Å². The molecule has 94 valence electrons. The lowest BCUT2D eigenvalue weighted by Gasteiger charge is -2.20. The van der Waals surface area contributed by atoms with E-state index in [-0.39, 0.29) is 10.8 Å². The highest BCUT2D eigenvalue weighted by atomic mass is 35.5. The van der Waals surface area contributed by atoms with Gasteiger partial charge < -0.3 is 0 Å². The van der Waals surface area contributed by atoms with E-state index >= 15 is 0 Å². The summed E-state index contributed by atoms with van der Waals surface area (Å²) in [7, 11) is 0. The molecule has 0 heterocycles. The minimum Gasteiger partial charge on any atom is -0.117 e. The lowest BCUT2D eigenvalue weighted by Crippen LogP contribution is -2.11. The molecule has 1 saturated carbocycles. The standard InChI is InChI=1S/C16H23Cl/c1-15(2,3)12-8-6-11(7-9-12)14(17)13-10-16(13,4)5/h6-9,13-14H,10H2,1-5H3. The van der Waals surface area contributed by atoms with Crippen molar-refractivity contribution in [2.24, 2.45) is 11.3 Å². The summed E-state index contributed by atoms with van der Waals surface area (Å²) in [6.45, 7) is 11.3. The summed E-state index contributed by atoms with van der Waals surface area (Å²) in [5, 5.41) is 0.180. The molecular weight excluding hydrogens is 228 g/mol. The van der Waals surface area contributed by atoms with Crippen LogP contribution < -0.4 is 0 Å². The monoisotopic (exact) mass is 250 g/mol. The largest absolute Gasteiger partial charge is 0.117 e. The fourth-order valence-electron chi connectivity index (χ4n) is 2.41. The molecule has 0 amide bonds. The van der Waals surface area contributed by atoms with Crippen molar-refractivity contribution in [3.8, 4) is 0 Å². The molecule has 1 aromatic rings. The zero-order valence-electron chi connectivity index (χ0n) is 11.5. The fraction of sp³-hybridized carbons (Fsp3) is 0.625. The average Bonchev–Trinajstić information content (AvgIpc) is 2.86. The maximum absolute atomic E-state index is 6.55. The minimum absolute atomic E-state index is 0.180. The molecule has 0 aromatic heterocycles. The van der Waals surface area contributed by atoms with E-state index in [0.29, 0.717) is 11.3 Å². The number of rotatable bonds is 2. The van der Waals surface area contributed by atoms with Gasteiger partial charge in [0.2, 0.25) is 0 Å². The van der Waals surface area contributed by atoms with Gasteiger partial charge in [-0.15, -0.1) is 11.6 Å². The molecule has 2 rings (SSSR count). The zero-order chi connectivity index (χ0) is 12.8. The van der Waals surface area contributed by atoms with Crippen LogP contribution in [0.2, 0.25) is 0 Å². The second-order valence-electron chi connectivity index (χ2n) is 7.07. The first kappa shape index (κ1) is 13.0. The van der Waals surface area contributed by atoms with Crippen LogP contribution in [0.15, 0.2) is 24.3 Å². The van der Waals surface area contributed by atoms with Gasteiger partial charge in [0.25, 0.3) is 0 Å². The summed E-state index contributed by atoms with van der Waals surface area (Å²) in [6.07, 6.45) is 1.25. The predicted octanol–water partition coefficient (Wildman–Crippen LogP) is 5.31. The Hall–Kier alpha value is -0.490. The van der Waals surface area contributed by atoms with Crippen molar-refractivity contribution < 1.29 is 0 Å². The lowest BCUT2D eigenvalue weighted by atomic mass is 9.86. The van der Waals surface area contributed by atoms with Crippen molar-refractivity contribution in [1.29, 1.82) is 0 Å². The molecule has 0 aliphatic heterocycles. The Bertz CT molecular complexity index is 395. The highest BCUT2D eigenvalue weighted by Crippen LogP contribution is 2.59. The number of halogens is 1. The number of alkyl halides is 1. The second-order valence-corrected chi connectivity index (χ2v) is 7.54. The molecule has 0 radical (unpaired) electrons. The van der Waals surface area contributed by atoms with Crippen molar-refractivity contribution in [1.82, 2.24) is 0 Å². The van der Waals surface area contributed by atoms with Crippen LogP contribution in [0, 0.1) is 11.3 Å². The van der Waals surface area contributed by atoms with E-state index in [0.717, 1.165) is 0 Å². The van der Waals surface area contributed by atoms with Gasteiger partial charge in [-0.1, -0.05) is 58.9 Å². The molecule has 0 saturated heterocycles. The average molecular weight is 251 g/mol. The summed E-state index contributed by atoms with van der Waals surface area (Å²) in [5.41, 5.74) is 3.31. The summed E-state index contributed by atoms with van der Waals surface area (Å²) in [4.78, 5) is 0. The molecule has 1 heteroatoms. The van der Waals surface area contributed by atoms with Crippen LogP contribution in [0.25, 0.3) is 0 Å². The molecule has 0 bridgehead atoms. The molecule has 1 aliphatic rings. The molecule has 2 unspecified atom stereocenters. The topological polar surface area (TPSA) is 0 Å². The quantitative estimate of drug-likeness (QED) is 0.624. The summed E-state index contributed by atoms with van der Waals surface area (Å²) in [6, 6.07) is 8.85. The van der Waals surface area contributed by atoms with Crippen molar-refractivity contribution in [2.75, 3.05) is 0 Å². The lowest BCUT2D eigenvalue weighted by molar-refractivity contribution is 0.547. The van der Waals surface area contributed by atoms with E-state index in [1.165, 1.54) is 17.5 Å². The Morgan fingerprint density at radius 1 is 1.18 bits per heavy atom. The van der Waals surface area contributed by atoms with Gasteiger partial charge >= 0.3 is 0 Å². The number of hydrogen-bond donors (Lipinski definition) is 0. The third-order valence-corrected chi connectivity index (χ3v) is 4.59. The van der Waals surface area contributed by atoms with Crippen molar-refractivity contribution in [3.63, 3.8) is 0 Å². The molecule has 17 heavy (non-hydrogen) atoms. The SMILES string of the molecule is CC(C)(C)c1ccc(C(Cl)C2CC2(C)C)cc1. The van der Waals surface area contributed by atoms with Gasteiger partial charge in [0, 0.05) is 0 Å². The zero-order valence-corrected chi connectivity index (χ0v) is 12.3. The minimum atomic E-state index is 0.180. The van der Waals surface area contributed by atoms with Crippen LogP contribution in [0.1, 0.15) is 57.5 Å². The third-order valence-electron chi connectivity index (χ3n) is 4.04. The Balaban J connectivity index is 2.14. The summed E-state index contributed by atoms with van der Waals surface area (Å²) >= 11 is 6.55. The molecule has 0 nitrogen and oxygen atoms in total. The van der Waals surface area contributed by atoms with Crippen molar-refractivity contribution >= 4 is 11.6 Å². The highest BCUT2D eigenvalue weighted by Gasteiger charge is 2.49. The Kier molecular flexibility index (Phi) is 3.06. The van der Waals surface area contributed by atoms with Crippen LogP contribution in [-0.4, -0.2) is 0 Å². The third kappa shape index (κ3) is 2.68. The molecular formula is C16H23Cl. The Morgan fingerprint density at radius 3 is 2.00 bits per heavy atom. The molecule has 0 N–H and O–H groups in total. The van der Waals surface area contributed by atoms with Gasteiger partial charge in [-0.2, -0.15) is 0 Å². The Morgan fingerprint density at radius 2 is 1.65 bits per heavy atom. The van der Waals surface area contributed by atoms with Gasteiger partial charge in [-0.25, -0.2) is 0 Å². The highest BCUT2D eigenvalue weighted by molar-refractivity contribution is 6.21. The van der Waals surface area contributed by atoms with E-state index in [2.05, 4.69) is 58.9 Å². The summed E-state index contributed by atoms with van der Waals surface area (Å²) in [5.74, 6) is 0.643. The molecule has 1 aromatic carbocycles. The van der Waals surface area contributed by atoms with Crippen molar-refractivity contribution in [2.45, 2.75) is 51.8 Å². The molecule has 1 aliphatic carbocycles. The summed E-state index contributed by atoms with van der Waals surface area (Å²) < 4.78 is 0. The van der Waals surface area contributed by atoms with Crippen LogP contribution in [0.4, 0.5) is 0 Å². The molecule has 1 fully saturated rings. The van der Waals surface area contributed by atoms with Gasteiger partial charge in [0.1, 0.15) is 0 Å². The van der Waals surface area contributed by atoms with E-state index in [9.17, 15) is 0 Å².